The molecule has 0 saturated heterocycles. The lowest BCUT2D eigenvalue weighted by Crippen LogP contribution is -2.26. The van der Waals surface area contributed by atoms with E-state index in [2.05, 4.69) is 4.98 Å². The molecule has 0 aromatic carbocycles. The predicted molar refractivity (Wildman–Crippen MR) is 62.7 cm³/mol. The van der Waals surface area contributed by atoms with Crippen molar-refractivity contribution in [2.75, 3.05) is 13.6 Å². The number of unbranched alkanes of at least 4 members (excludes halogenated alkanes) is 1. The van der Waals surface area contributed by atoms with E-state index in [1.807, 2.05) is 6.07 Å². The van der Waals surface area contributed by atoms with Crippen LogP contribution in [0.4, 0.5) is 0 Å². The first-order chi connectivity index (χ1) is 8.11. The van der Waals surface area contributed by atoms with Crippen LogP contribution in [-0.4, -0.2) is 33.7 Å². The Balaban J connectivity index is 2.21. The molecule has 0 aliphatic carbocycles. The lowest BCUT2D eigenvalue weighted by molar-refractivity contribution is -0.648. The van der Waals surface area contributed by atoms with E-state index in [0.29, 0.717) is 19.4 Å². The molecule has 0 aliphatic rings. The van der Waals surface area contributed by atoms with Crippen molar-refractivity contribution in [1.82, 2.24) is 9.99 Å². The van der Waals surface area contributed by atoms with Gasteiger partial charge in [-0.1, -0.05) is 6.07 Å². The monoisotopic (exact) mass is 239 g/mol. The zero-order chi connectivity index (χ0) is 12.7. The van der Waals surface area contributed by atoms with E-state index < -0.39 is 11.1 Å². The van der Waals surface area contributed by atoms with E-state index in [9.17, 15) is 15.2 Å². The molecule has 17 heavy (non-hydrogen) atoms. The van der Waals surface area contributed by atoms with E-state index in [0.717, 1.165) is 17.0 Å². The molecule has 6 nitrogen and oxygen atoms in total. The van der Waals surface area contributed by atoms with Gasteiger partial charge in [-0.15, -0.1) is 5.01 Å². The zero-order valence-corrected chi connectivity index (χ0v) is 9.82. The molecule has 0 amide bonds. The second-order valence-corrected chi connectivity index (χ2v) is 3.92. The molecule has 0 aliphatic heterocycles. The first kappa shape index (κ1) is 13.4. The van der Waals surface area contributed by atoms with Crippen LogP contribution in [0.3, 0.4) is 0 Å². The average molecular weight is 239 g/mol. The molecular formula is C11H17N3O3. The molecule has 0 fully saturated rings. The van der Waals surface area contributed by atoms with Gasteiger partial charge in [-0.25, -0.2) is 10.1 Å². The number of hydrogen-bond acceptors (Lipinski definition) is 4. The lowest BCUT2D eigenvalue weighted by atomic mass is 10.1. The Morgan fingerprint density at radius 2 is 2.35 bits per heavy atom. The van der Waals surface area contributed by atoms with Crippen LogP contribution in [0.15, 0.2) is 24.5 Å². The zero-order valence-electron chi connectivity index (χ0n) is 9.82. The number of hydrazine groups is 1. The molecule has 1 aromatic heterocycles. The number of nitro groups is 1. The Morgan fingerprint density at radius 3 is 2.94 bits per heavy atom. The van der Waals surface area contributed by atoms with Crippen LogP contribution in [0.25, 0.3) is 0 Å². The van der Waals surface area contributed by atoms with Gasteiger partial charge in [0.25, 0.3) is 0 Å². The molecule has 1 atom stereocenters. The molecule has 0 spiro atoms. The van der Waals surface area contributed by atoms with Crippen LogP contribution in [0.5, 0.6) is 0 Å². The molecule has 1 N–H and O–H groups in total. The maximum absolute atomic E-state index is 10.3. The van der Waals surface area contributed by atoms with Gasteiger partial charge in [0.05, 0.1) is 19.7 Å². The fourth-order valence-corrected chi connectivity index (χ4v) is 1.50. The van der Waals surface area contributed by atoms with Gasteiger partial charge in [0.2, 0.25) is 0 Å². The summed E-state index contributed by atoms with van der Waals surface area (Å²) in [5.41, 5.74) is 0.787. The third-order valence-electron chi connectivity index (χ3n) is 2.56. The molecule has 1 unspecified atom stereocenters. The summed E-state index contributed by atoms with van der Waals surface area (Å²) in [5.74, 6) is 0. The number of aliphatic hydroxyl groups excluding tert-OH is 1. The third kappa shape index (κ3) is 4.78. The van der Waals surface area contributed by atoms with Gasteiger partial charge < -0.3 is 5.11 Å². The number of hydrogen-bond donors (Lipinski definition) is 1. The van der Waals surface area contributed by atoms with Crippen molar-refractivity contribution < 1.29 is 10.1 Å². The minimum Gasteiger partial charge on any atom is -0.388 e. The third-order valence-corrected chi connectivity index (χ3v) is 2.56. The van der Waals surface area contributed by atoms with Crippen LogP contribution >= 0.6 is 0 Å². The number of rotatable bonds is 7. The molecule has 0 radical (unpaired) electrons. The fraction of sp³-hybridized carbons (Fsp3) is 0.545. The SMILES string of the molecule is CN(CCCCC(O)c1cccnc1)[N+](=O)[O-]. The standard InChI is InChI=1S/C11H17N3O3/c1-13(14(16)17)8-3-2-6-11(15)10-5-4-7-12-9-10/h4-5,7,9,11,15H,2-3,6,8H2,1H3. The molecular weight excluding hydrogens is 222 g/mol. The highest BCUT2D eigenvalue weighted by Crippen LogP contribution is 2.17. The molecule has 6 heteroatoms. The fourth-order valence-electron chi connectivity index (χ4n) is 1.50. The number of aliphatic hydroxyl groups is 1. The lowest BCUT2D eigenvalue weighted by Gasteiger charge is -2.11. The van der Waals surface area contributed by atoms with Gasteiger partial charge in [0.1, 0.15) is 0 Å². The van der Waals surface area contributed by atoms with Crippen LogP contribution in [0.2, 0.25) is 0 Å². The second-order valence-electron chi connectivity index (χ2n) is 3.92. The highest BCUT2D eigenvalue weighted by atomic mass is 16.7. The minimum atomic E-state index is -0.537. The highest BCUT2D eigenvalue weighted by molar-refractivity contribution is 5.11. The van der Waals surface area contributed by atoms with Crippen LogP contribution < -0.4 is 0 Å². The molecule has 1 rings (SSSR count). The Kier molecular flexibility index (Phi) is 5.35. The quantitative estimate of drug-likeness (QED) is 0.442. The summed E-state index contributed by atoms with van der Waals surface area (Å²) < 4.78 is 0. The Bertz CT molecular complexity index is 345. The molecule has 1 heterocycles. The Hall–Kier alpha value is -1.69. The normalized spacial score (nSPS) is 12.1. The van der Waals surface area contributed by atoms with Crippen molar-refractivity contribution in [2.24, 2.45) is 0 Å². The summed E-state index contributed by atoms with van der Waals surface area (Å²) in [6, 6.07) is 3.60. The van der Waals surface area contributed by atoms with E-state index in [1.165, 1.54) is 7.05 Å². The van der Waals surface area contributed by atoms with Crippen molar-refractivity contribution in [2.45, 2.75) is 25.4 Å². The largest absolute Gasteiger partial charge is 0.388 e. The maximum atomic E-state index is 10.3. The predicted octanol–water partition coefficient (Wildman–Crippen LogP) is 1.41. The summed E-state index contributed by atoms with van der Waals surface area (Å²) in [6.07, 6.45) is 4.78. The van der Waals surface area contributed by atoms with Gasteiger partial charge in [-0.2, -0.15) is 0 Å². The van der Waals surface area contributed by atoms with Crippen LogP contribution in [0, 0.1) is 10.1 Å². The van der Waals surface area contributed by atoms with E-state index in [-0.39, 0.29) is 0 Å². The van der Waals surface area contributed by atoms with Crippen molar-refractivity contribution in [1.29, 1.82) is 0 Å². The number of nitrogens with zero attached hydrogens (tertiary/aromatic N) is 3. The molecule has 0 saturated carbocycles. The van der Waals surface area contributed by atoms with Crippen molar-refractivity contribution in [3.05, 3.63) is 40.2 Å². The summed E-state index contributed by atoms with van der Waals surface area (Å²) in [6.45, 7) is 0.396. The molecule has 94 valence electrons. The number of aromatic nitrogens is 1. The first-order valence-corrected chi connectivity index (χ1v) is 5.54. The van der Waals surface area contributed by atoms with Gasteiger partial charge in [0.15, 0.2) is 5.03 Å². The van der Waals surface area contributed by atoms with Gasteiger partial charge in [0, 0.05) is 12.4 Å². The van der Waals surface area contributed by atoms with Gasteiger partial charge in [-0.3, -0.25) is 4.98 Å². The smallest absolute Gasteiger partial charge is 0.159 e. The van der Waals surface area contributed by atoms with Gasteiger partial charge in [-0.05, 0) is 30.9 Å². The average Bonchev–Trinajstić information content (AvgIpc) is 2.35. The second kappa shape index (κ2) is 6.80. The van der Waals surface area contributed by atoms with Crippen LogP contribution in [-0.2, 0) is 0 Å². The Labute approximate surface area is 100 Å². The number of pyridine rings is 1. The van der Waals surface area contributed by atoms with E-state index in [1.54, 1.807) is 18.5 Å². The molecule has 1 aromatic rings. The van der Waals surface area contributed by atoms with E-state index >= 15 is 0 Å². The molecule has 0 bridgehead atoms. The van der Waals surface area contributed by atoms with E-state index in [4.69, 9.17) is 0 Å². The minimum absolute atomic E-state index is 0.396. The van der Waals surface area contributed by atoms with Crippen LogP contribution in [0.1, 0.15) is 30.9 Å². The highest BCUT2D eigenvalue weighted by Gasteiger charge is 2.09. The summed E-state index contributed by atoms with van der Waals surface area (Å²) in [5, 5.41) is 20.7. The summed E-state index contributed by atoms with van der Waals surface area (Å²) in [4.78, 5) is 14.3. The van der Waals surface area contributed by atoms with Crippen molar-refractivity contribution in [3.8, 4) is 0 Å². The summed E-state index contributed by atoms with van der Waals surface area (Å²) in [7, 11) is 1.44. The Morgan fingerprint density at radius 1 is 1.59 bits per heavy atom. The van der Waals surface area contributed by atoms with Gasteiger partial charge >= 0.3 is 0 Å². The summed E-state index contributed by atoms with van der Waals surface area (Å²) >= 11 is 0. The van der Waals surface area contributed by atoms with Crippen molar-refractivity contribution >= 4 is 0 Å². The van der Waals surface area contributed by atoms with Crippen molar-refractivity contribution in [3.63, 3.8) is 0 Å². The first-order valence-electron chi connectivity index (χ1n) is 5.54. The topological polar surface area (TPSA) is 79.5 Å². The maximum Gasteiger partial charge on any atom is 0.159 e.